The second kappa shape index (κ2) is 9.16. The van der Waals surface area contributed by atoms with Crippen LogP contribution in [0.5, 0.6) is 0 Å². The molecule has 0 saturated carbocycles. The lowest BCUT2D eigenvalue weighted by Crippen LogP contribution is -2.20. The normalized spacial score (nSPS) is 10.6. The lowest BCUT2D eigenvalue weighted by atomic mass is 10.2. The number of carbonyl (C=O) groups is 1. The van der Waals surface area contributed by atoms with Crippen molar-refractivity contribution < 1.29 is 9.18 Å². The van der Waals surface area contributed by atoms with Gasteiger partial charge in [0.1, 0.15) is 10.8 Å². The molecule has 0 atom stereocenters. The summed E-state index contributed by atoms with van der Waals surface area (Å²) in [5, 5.41) is 8.19. The first kappa shape index (κ1) is 20.8. The summed E-state index contributed by atoms with van der Waals surface area (Å²) < 4.78 is 15.0. The van der Waals surface area contributed by atoms with Crippen LogP contribution in [0.4, 0.5) is 10.1 Å². The van der Waals surface area contributed by atoms with Crippen LogP contribution in [0.15, 0.2) is 99.6 Å². The Morgan fingerprint density at radius 3 is 2.35 bits per heavy atom. The van der Waals surface area contributed by atoms with Crippen LogP contribution in [0.2, 0.25) is 5.02 Å². The van der Waals surface area contributed by atoms with Crippen molar-refractivity contribution >= 4 is 35.0 Å². The number of hydrogen-bond donors (Lipinski definition) is 1. The van der Waals surface area contributed by atoms with Crippen molar-refractivity contribution in [1.29, 1.82) is 0 Å². The molecule has 0 saturated heterocycles. The SMILES string of the molecule is O=C(Nc1ccccc1F)c1ccc(-n2nc(Sc3ccc(Cl)cc3)ccc2=O)cc1. The van der Waals surface area contributed by atoms with E-state index in [1.54, 1.807) is 54.6 Å². The Bertz CT molecular complexity index is 1290. The summed E-state index contributed by atoms with van der Waals surface area (Å²) in [5.74, 6) is -0.970. The molecule has 4 aromatic rings. The van der Waals surface area contributed by atoms with Crippen LogP contribution < -0.4 is 10.9 Å². The number of carbonyl (C=O) groups excluding carboxylic acids is 1. The zero-order valence-electron chi connectivity index (χ0n) is 16.0. The smallest absolute Gasteiger partial charge is 0.271 e. The van der Waals surface area contributed by atoms with Gasteiger partial charge in [-0.05, 0) is 66.7 Å². The van der Waals surface area contributed by atoms with Gasteiger partial charge in [0.25, 0.3) is 11.5 Å². The number of anilines is 1. The predicted molar refractivity (Wildman–Crippen MR) is 120 cm³/mol. The molecule has 0 bridgehead atoms. The number of halogens is 2. The minimum absolute atomic E-state index is 0.0985. The number of nitrogens with zero attached hydrogens (tertiary/aromatic N) is 2. The summed E-state index contributed by atoms with van der Waals surface area (Å²) in [6.07, 6.45) is 0. The van der Waals surface area contributed by atoms with E-state index >= 15 is 0 Å². The van der Waals surface area contributed by atoms with Crippen molar-refractivity contribution in [3.8, 4) is 5.69 Å². The minimum Gasteiger partial charge on any atom is -0.319 e. The fraction of sp³-hybridized carbons (Fsp3) is 0. The molecule has 3 aromatic carbocycles. The lowest BCUT2D eigenvalue weighted by molar-refractivity contribution is 0.102. The van der Waals surface area contributed by atoms with E-state index in [0.29, 0.717) is 21.3 Å². The van der Waals surface area contributed by atoms with E-state index in [-0.39, 0.29) is 11.2 Å². The Morgan fingerprint density at radius 2 is 1.65 bits per heavy atom. The maximum absolute atomic E-state index is 13.7. The van der Waals surface area contributed by atoms with E-state index in [0.717, 1.165) is 4.90 Å². The van der Waals surface area contributed by atoms with E-state index in [1.807, 2.05) is 12.1 Å². The van der Waals surface area contributed by atoms with Crippen molar-refractivity contribution in [2.45, 2.75) is 9.92 Å². The third kappa shape index (κ3) is 5.02. The molecule has 0 spiro atoms. The highest BCUT2D eigenvalue weighted by Crippen LogP contribution is 2.26. The van der Waals surface area contributed by atoms with Crippen LogP contribution >= 0.6 is 23.4 Å². The van der Waals surface area contributed by atoms with Crippen LogP contribution in [0.1, 0.15) is 10.4 Å². The van der Waals surface area contributed by atoms with E-state index in [9.17, 15) is 14.0 Å². The molecule has 1 heterocycles. The Hall–Kier alpha value is -3.42. The van der Waals surface area contributed by atoms with Gasteiger partial charge in [0.15, 0.2) is 0 Å². The van der Waals surface area contributed by atoms with Gasteiger partial charge in [0.2, 0.25) is 0 Å². The van der Waals surface area contributed by atoms with E-state index < -0.39 is 11.7 Å². The standard InChI is InChI=1S/C23H15ClFN3O2S/c24-16-7-11-18(12-8-16)31-21-13-14-22(29)28(27-21)17-9-5-15(6-10-17)23(30)26-20-4-2-1-3-19(20)25/h1-14H,(H,26,30). The fourth-order valence-electron chi connectivity index (χ4n) is 2.77. The fourth-order valence-corrected chi connectivity index (χ4v) is 3.67. The van der Waals surface area contributed by atoms with Gasteiger partial charge in [-0.2, -0.15) is 9.78 Å². The molecule has 0 aliphatic carbocycles. The number of para-hydroxylation sites is 1. The molecule has 8 heteroatoms. The number of nitrogens with one attached hydrogen (secondary N) is 1. The third-order valence-electron chi connectivity index (χ3n) is 4.31. The average molecular weight is 452 g/mol. The highest BCUT2D eigenvalue weighted by molar-refractivity contribution is 7.99. The van der Waals surface area contributed by atoms with Crippen LogP contribution in [-0.4, -0.2) is 15.7 Å². The van der Waals surface area contributed by atoms with Gasteiger partial charge in [-0.15, -0.1) is 0 Å². The Morgan fingerprint density at radius 1 is 0.935 bits per heavy atom. The molecule has 154 valence electrons. The molecular formula is C23H15ClFN3O2S. The number of hydrogen-bond acceptors (Lipinski definition) is 4. The molecule has 1 amide bonds. The van der Waals surface area contributed by atoms with Crippen molar-refractivity contribution in [3.05, 3.63) is 112 Å². The molecule has 0 fully saturated rings. The summed E-state index contributed by atoms with van der Waals surface area (Å²) in [5.41, 5.74) is 0.628. The highest BCUT2D eigenvalue weighted by Gasteiger charge is 2.10. The van der Waals surface area contributed by atoms with Gasteiger partial charge in [-0.1, -0.05) is 35.5 Å². The molecule has 0 radical (unpaired) electrons. The predicted octanol–water partition coefficient (Wildman–Crippen LogP) is 5.43. The van der Waals surface area contributed by atoms with Crippen LogP contribution in [-0.2, 0) is 0 Å². The number of amides is 1. The molecule has 31 heavy (non-hydrogen) atoms. The van der Waals surface area contributed by atoms with Crippen molar-refractivity contribution in [1.82, 2.24) is 9.78 Å². The first-order chi connectivity index (χ1) is 15.0. The maximum Gasteiger partial charge on any atom is 0.271 e. The van der Waals surface area contributed by atoms with Crippen molar-refractivity contribution in [3.63, 3.8) is 0 Å². The minimum atomic E-state index is -0.516. The zero-order valence-corrected chi connectivity index (χ0v) is 17.5. The van der Waals surface area contributed by atoms with E-state index in [4.69, 9.17) is 11.6 Å². The summed E-state index contributed by atoms with van der Waals surface area (Å²) in [6.45, 7) is 0. The van der Waals surface area contributed by atoms with Gasteiger partial charge in [0.05, 0.1) is 11.4 Å². The number of aromatic nitrogens is 2. The van der Waals surface area contributed by atoms with Crippen LogP contribution in [0, 0.1) is 5.82 Å². The van der Waals surface area contributed by atoms with Gasteiger partial charge < -0.3 is 5.32 Å². The van der Waals surface area contributed by atoms with Gasteiger partial charge in [-0.3, -0.25) is 9.59 Å². The average Bonchev–Trinajstić information content (AvgIpc) is 2.78. The number of benzene rings is 3. The molecule has 5 nitrogen and oxygen atoms in total. The first-order valence-electron chi connectivity index (χ1n) is 9.20. The molecule has 4 rings (SSSR count). The quantitative estimate of drug-likeness (QED) is 0.439. The Kier molecular flexibility index (Phi) is 6.16. The molecule has 0 unspecified atom stereocenters. The van der Waals surface area contributed by atoms with Crippen LogP contribution in [0.25, 0.3) is 5.69 Å². The molecule has 1 aromatic heterocycles. The summed E-state index contributed by atoms with van der Waals surface area (Å²) in [6, 6.07) is 22.6. The largest absolute Gasteiger partial charge is 0.319 e. The van der Waals surface area contributed by atoms with Crippen LogP contribution in [0.3, 0.4) is 0 Å². The molecule has 0 aliphatic rings. The van der Waals surface area contributed by atoms with Gasteiger partial charge in [0, 0.05) is 21.5 Å². The molecule has 1 N–H and O–H groups in total. The number of rotatable bonds is 5. The molecular weight excluding hydrogens is 437 g/mol. The monoisotopic (exact) mass is 451 g/mol. The Labute approximate surface area is 186 Å². The lowest BCUT2D eigenvalue weighted by Gasteiger charge is -2.09. The van der Waals surface area contributed by atoms with E-state index in [1.165, 1.54) is 34.6 Å². The molecule has 0 aliphatic heterocycles. The van der Waals surface area contributed by atoms with E-state index in [2.05, 4.69) is 10.4 Å². The van der Waals surface area contributed by atoms with Crippen molar-refractivity contribution in [2.24, 2.45) is 0 Å². The topological polar surface area (TPSA) is 64.0 Å². The maximum atomic E-state index is 13.7. The first-order valence-corrected chi connectivity index (χ1v) is 10.4. The third-order valence-corrected chi connectivity index (χ3v) is 5.49. The van der Waals surface area contributed by atoms with Gasteiger partial charge in [-0.25, -0.2) is 4.39 Å². The van der Waals surface area contributed by atoms with Crippen molar-refractivity contribution in [2.75, 3.05) is 5.32 Å². The second-order valence-corrected chi connectivity index (χ2v) is 7.99. The zero-order chi connectivity index (χ0) is 21.8. The summed E-state index contributed by atoms with van der Waals surface area (Å²) in [4.78, 5) is 25.6. The van der Waals surface area contributed by atoms with Gasteiger partial charge >= 0.3 is 0 Å². The summed E-state index contributed by atoms with van der Waals surface area (Å²) >= 11 is 7.31. The second-order valence-electron chi connectivity index (χ2n) is 6.46. The summed E-state index contributed by atoms with van der Waals surface area (Å²) in [7, 11) is 0. The Balaban J connectivity index is 1.54. The highest BCUT2D eigenvalue weighted by atomic mass is 35.5.